The van der Waals surface area contributed by atoms with E-state index in [9.17, 15) is 27.6 Å². The molecule has 4 aromatic rings. The Morgan fingerprint density at radius 1 is 1.04 bits per heavy atom. The lowest BCUT2D eigenvalue weighted by Gasteiger charge is -2.27. The Morgan fingerprint density at radius 3 is 2.31 bits per heavy atom. The van der Waals surface area contributed by atoms with Gasteiger partial charge in [-0.25, -0.2) is 4.98 Å². The highest BCUT2D eigenvalue weighted by molar-refractivity contribution is 5.84. The number of amides is 1. The summed E-state index contributed by atoms with van der Waals surface area (Å²) in [7, 11) is 3.49. The number of halogens is 3. The standard InChI is InChI=1S/C37H46F3N5O4/c1-9-49-33(47)19-30(27-17-28(35-41-11-13-44(35)20-27)34-24(5)15-23(4)16-25(34)6)42-36(48)31(14-22(2)3)45-21-26(10-12-43(7)8)29(18-32(45)46)37(38,39)40/h11,13,15-18,20-22,30-31H,9-10,12,14,19H2,1-8H3,(H,42,48). The number of aryl methyl sites for hydroxylation is 3. The van der Waals surface area contributed by atoms with Crippen molar-refractivity contribution < 1.29 is 27.5 Å². The minimum atomic E-state index is -4.74. The van der Waals surface area contributed by atoms with Crippen LogP contribution in [0.3, 0.4) is 0 Å². The lowest BCUT2D eigenvalue weighted by atomic mass is 9.92. The maximum Gasteiger partial charge on any atom is 0.416 e. The van der Waals surface area contributed by atoms with Crippen molar-refractivity contribution >= 4 is 17.5 Å². The molecule has 49 heavy (non-hydrogen) atoms. The predicted molar refractivity (Wildman–Crippen MR) is 183 cm³/mol. The van der Waals surface area contributed by atoms with E-state index in [1.165, 1.54) is 6.20 Å². The summed E-state index contributed by atoms with van der Waals surface area (Å²) < 4.78 is 50.3. The number of rotatable bonds is 13. The Bertz CT molecular complexity index is 1850. The average Bonchev–Trinajstić information content (AvgIpc) is 3.47. The summed E-state index contributed by atoms with van der Waals surface area (Å²) >= 11 is 0. The van der Waals surface area contributed by atoms with Gasteiger partial charge in [-0.05, 0) is 94.4 Å². The van der Waals surface area contributed by atoms with Crippen LogP contribution in [0.2, 0.25) is 0 Å². The molecular weight excluding hydrogens is 635 g/mol. The molecule has 2 atom stereocenters. The number of esters is 1. The third kappa shape index (κ3) is 8.97. The number of ether oxygens (including phenoxy) is 1. The number of imidazole rings is 1. The monoisotopic (exact) mass is 681 g/mol. The molecule has 0 aliphatic rings. The highest BCUT2D eigenvalue weighted by atomic mass is 19.4. The largest absolute Gasteiger partial charge is 0.466 e. The Labute approximate surface area is 285 Å². The van der Waals surface area contributed by atoms with Crippen molar-refractivity contribution in [3.63, 3.8) is 0 Å². The zero-order valence-electron chi connectivity index (χ0n) is 29.4. The fourth-order valence-electron chi connectivity index (χ4n) is 6.38. The number of nitrogens with one attached hydrogen (secondary N) is 1. The normalized spacial score (nSPS) is 13.2. The van der Waals surface area contributed by atoms with Crippen molar-refractivity contribution in [1.82, 2.24) is 24.2 Å². The van der Waals surface area contributed by atoms with Gasteiger partial charge in [-0.1, -0.05) is 31.5 Å². The maximum absolute atomic E-state index is 14.3. The molecule has 3 heterocycles. The summed E-state index contributed by atoms with van der Waals surface area (Å²) in [4.78, 5) is 46.8. The Hall–Kier alpha value is -4.45. The molecular formula is C37H46F3N5O4. The summed E-state index contributed by atoms with van der Waals surface area (Å²) in [5.41, 5.74) is 4.23. The van der Waals surface area contributed by atoms with Crippen LogP contribution in [-0.4, -0.2) is 58.0 Å². The molecule has 0 saturated carbocycles. The number of aromatic nitrogens is 3. The van der Waals surface area contributed by atoms with E-state index in [1.807, 2.05) is 45.1 Å². The summed E-state index contributed by atoms with van der Waals surface area (Å²) in [5.74, 6) is -1.24. The smallest absolute Gasteiger partial charge is 0.416 e. The van der Waals surface area contributed by atoms with Crippen LogP contribution in [0.15, 0.2) is 53.8 Å². The maximum atomic E-state index is 14.3. The molecule has 0 aliphatic carbocycles. The molecule has 0 fully saturated rings. The van der Waals surface area contributed by atoms with E-state index in [4.69, 9.17) is 4.74 Å². The molecule has 3 aromatic heterocycles. The third-order valence-corrected chi connectivity index (χ3v) is 8.48. The van der Waals surface area contributed by atoms with Crippen LogP contribution in [0.1, 0.15) is 79.1 Å². The van der Waals surface area contributed by atoms with E-state index < -0.39 is 41.3 Å². The predicted octanol–water partition coefficient (Wildman–Crippen LogP) is 6.61. The second kappa shape index (κ2) is 15.4. The summed E-state index contributed by atoms with van der Waals surface area (Å²) in [6, 6.07) is 4.60. The van der Waals surface area contributed by atoms with E-state index in [0.717, 1.165) is 32.4 Å². The van der Waals surface area contributed by atoms with Crippen molar-refractivity contribution in [1.29, 1.82) is 0 Å². The molecule has 0 bridgehead atoms. The molecule has 0 aliphatic heterocycles. The van der Waals surface area contributed by atoms with Gasteiger partial charge in [-0.2, -0.15) is 13.2 Å². The number of likely N-dealkylation sites (N-methyl/N-ethyl adjacent to an activating group) is 1. The number of alkyl halides is 3. The molecule has 9 nitrogen and oxygen atoms in total. The van der Waals surface area contributed by atoms with Crippen LogP contribution in [0.4, 0.5) is 13.2 Å². The lowest BCUT2D eigenvalue weighted by molar-refractivity contribution is -0.144. The number of fused-ring (bicyclic) bond motifs is 1. The molecule has 0 spiro atoms. The van der Waals surface area contributed by atoms with Crippen molar-refractivity contribution in [2.24, 2.45) is 5.92 Å². The van der Waals surface area contributed by atoms with E-state index in [0.29, 0.717) is 23.8 Å². The van der Waals surface area contributed by atoms with Crippen molar-refractivity contribution in [3.05, 3.63) is 92.8 Å². The van der Waals surface area contributed by atoms with Gasteiger partial charge in [0.2, 0.25) is 5.91 Å². The third-order valence-electron chi connectivity index (χ3n) is 8.48. The van der Waals surface area contributed by atoms with Gasteiger partial charge in [0.05, 0.1) is 24.6 Å². The second-order valence-corrected chi connectivity index (χ2v) is 13.3. The fraction of sp³-hybridized carbons (Fsp3) is 0.459. The first kappa shape index (κ1) is 37.4. The highest BCUT2D eigenvalue weighted by Gasteiger charge is 2.36. The van der Waals surface area contributed by atoms with Gasteiger partial charge in [-0.3, -0.25) is 14.4 Å². The van der Waals surface area contributed by atoms with Gasteiger partial charge in [0.15, 0.2) is 0 Å². The van der Waals surface area contributed by atoms with Crippen LogP contribution in [-0.2, 0) is 26.9 Å². The molecule has 0 radical (unpaired) electrons. The van der Waals surface area contributed by atoms with Crippen molar-refractivity contribution in [2.75, 3.05) is 27.2 Å². The first-order valence-corrected chi connectivity index (χ1v) is 16.5. The Balaban J connectivity index is 1.84. The molecule has 12 heteroatoms. The van der Waals surface area contributed by atoms with Crippen LogP contribution in [0.25, 0.3) is 16.8 Å². The molecule has 4 rings (SSSR count). The van der Waals surface area contributed by atoms with Crippen LogP contribution in [0, 0.1) is 26.7 Å². The van der Waals surface area contributed by atoms with Crippen LogP contribution in [0.5, 0.6) is 0 Å². The number of hydrogen-bond acceptors (Lipinski definition) is 6. The molecule has 1 aromatic carbocycles. The Morgan fingerprint density at radius 2 is 1.71 bits per heavy atom. The summed E-state index contributed by atoms with van der Waals surface area (Å²) in [6.07, 6.45) is 1.65. The number of benzene rings is 1. The number of carbonyl (C=O) groups excluding carboxylic acids is 2. The molecule has 264 valence electrons. The van der Waals surface area contributed by atoms with Gasteiger partial charge >= 0.3 is 12.1 Å². The minimum Gasteiger partial charge on any atom is -0.466 e. The van der Waals surface area contributed by atoms with Gasteiger partial charge in [0, 0.05) is 43.0 Å². The first-order chi connectivity index (χ1) is 23.0. The molecule has 1 N–H and O–H groups in total. The number of pyridine rings is 2. The van der Waals surface area contributed by atoms with Crippen LogP contribution >= 0.6 is 0 Å². The van der Waals surface area contributed by atoms with E-state index >= 15 is 0 Å². The van der Waals surface area contributed by atoms with Gasteiger partial charge in [0.25, 0.3) is 5.56 Å². The van der Waals surface area contributed by atoms with Crippen LogP contribution < -0.4 is 10.9 Å². The molecule has 2 unspecified atom stereocenters. The van der Waals surface area contributed by atoms with Gasteiger partial charge < -0.3 is 23.9 Å². The summed E-state index contributed by atoms with van der Waals surface area (Å²) in [5, 5.41) is 2.98. The van der Waals surface area contributed by atoms with Gasteiger partial charge in [-0.15, -0.1) is 0 Å². The number of carbonyl (C=O) groups is 2. The highest BCUT2D eigenvalue weighted by Crippen LogP contribution is 2.35. The van der Waals surface area contributed by atoms with E-state index in [-0.39, 0.29) is 37.4 Å². The number of hydrogen-bond donors (Lipinski definition) is 1. The quantitative estimate of drug-likeness (QED) is 0.160. The molecule has 0 saturated heterocycles. The van der Waals surface area contributed by atoms with E-state index in [2.05, 4.69) is 22.4 Å². The lowest BCUT2D eigenvalue weighted by Crippen LogP contribution is -2.40. The van der Waals surface area contributed by atoms with E-state index in [1.54, 1.807) is 44.5 Å². The van der Waals surface area contributed by atoms with Crippen molar-refractivity contribution in [2.45, 2.75) is 79.1 Å². The first-order valence-electron chi connectivity index (χ1n) is 16.5. The zero-order valence-corrected chi connectivity index (χ0v) is 29.4. The second-order valence-electron chi connectivity index (χ2n) is 13.3. The van der Waals surface area contributed by atoms with Gasteiger partial charge in [0.1, 0.15) is 11.7 Å². The average molecular weight is 682 g/mol. The zero-order chi connectivity index (χ0) is 36.2. The fourth-order valence-corrected chi connectivity index (χ4v) is 6.38. The SMILES string of the molecule is CCOC(=O)CC(NC(=O)C(CC(C)C)n1cc(CCN(C)C)c(C(F)(F)F)cc1=O)c1cc(-c2c(C)cc(C)cc2C)c2nccn2c1. The summed E-state index contributed by atoms with van der Waals surface area (Å²) in [6.45, 7) is 11.9. The Kier molecular flexibility index (Phi) is 11.7. The topological polar surface area (TPSA) is 97.9 Å². The number of nitrogens with zero attached hydrogens (tertiary/aromatic N) is 4. The molecule has 1 amide bonds. The van der Waals surface area contributed by atoms with Crippen molar-refractivity contribution in [3.8, 4) is 11.1 Å². The minimum absolute atomic E-state index is 0.0230.